The zero-order valence-corrected chi connectivity index (χ0v) is 13.0. The van der Waals surface area contributed by atoms with Crippen LogP contribution in [0.1, 0.15) is 5.56 Å². The highest BCUT2D eigenvalue weighted by Gasteiger charge is 2.21. The summed E-state index contributed by atoms with van der Waals surface area (Å²) in [5, 5.41) is 0.500. The van der Waals surface area contributed by atoms with Gasteiger partial charge < -0.3 is 9.80 Å². The molecule has 114 valence electrons. The van der Waals surface area contributed by atoms with Gasteiger partial charge in [-0.15, -0.1) is 0 Å². The third-order valence-electron chi connectivity index (χ3n) is 3.91. The lowest BCUT2D eigenvalue weighted by molar-refractivity contribution is -0.130. The van der Waals surface area contributed by atoms with Crippen LogP contribution in [-0.4, -0.2) is 42.0 Å². The van der Waals surface area contributed by atoms with Crippen LogP contribution in [0.3, 0.4) is 0 Å². The lowest BCUT2D eigenvalue weighted by Gasteiger charge is -2.36. The largest absolute Gasteiger partial charge is 0.368 e. The standard InChI is InChI=1S/C17H18ClN3O/c18-16-13-15(6-7-19-16)20-8-10-21(11-9-20)17(22)12-14-4-2-1-3-5-14/h1-7,13H,8-12H2. The minimum absolute atomic E-state index is 0.193. The highest BCUT2D eigenvalue weighted by Crippen LogP contribution is 2.19. The Balaban J connectivity index is 1.56. The number of carbonyl (C=O) groups is 1. The zero-order chi connectivity index (χ0) is 15.4. The topological polar surface area (TPSA) is 36.4 Å². The van der Waals surface area contributed by atoms with E-state index in [0.29, 0.717) is 11.6 Å². The molecule has 2 heterocycles. The predicted octanol–water partition coefficient (Wildman–Crippen LogP) is 2.63. The van der Waals surface area contributed by atoms with Gasteiger partial charge in [0.1, 0.15) is 5.15 Å². The second-order valence-electron chi connectivity index (χ2n) is 5.37. The van der Waals surface area contributed by atoms with Crippen LogP contribution in [0.5, 0.6) is 0 Å². The van der Waals surface area contributed by atoms with E-state index in [4.69, 9.17) is 11.6 Å². The summed E-state index contributed by atoms with van der Waals surface area (Å²) in [6.45, 7) is 3.12. The molecule has 0 aliphatic carbocycles. The van der Waals surface area contributed by atoms with Gasteiger partial charge in [0, 0.05) is 38.1 Å². The third kappa shape index (κ3) is 3.57. The molecule has 1 aliphatic rings. The second-order valence-corrected chi connectivity index (χ2v) is 5.75. The Bertz CT molecular complexity index is 639. The van der Waals surface area contributed by atoms with E-state index in [1.54, 1.807) is 6.20 Å². The molecule has 22 heavy (non-hydrogen) atoms. The molecule has 2 aromatic rings. The molecular weight excluding hydrogens is 298 g/mol. The normalized spacial score (nSPS) is 15.0. The van der Waals surface area contributed by atoms with Gasteiger partial charge in [-0.3, -0.25) is 4.79 Å². The Hall–Kier alpha value is -2.07. The van der Waals surface area contributed by atoms with E-state index >= 15 is 0 Å². The molecule has 0 bridgehead atoms. The summed E-state index contributed by atoms with van der Waals surface area (Å²) in [5.41, 5.74) is 2.13. The number of piperazine rings is 1. The van der Waals surface area contributed by atoms with Crippen LogP contribution in [0.15, 0.2) is 48.7 Å². The van der Waals surface area contributed by atoms with Gasteiger partial charge in [-0.05, 0) is 17.7 Å². The van der Waals surface area contributed by atoms with Gasteiger partial charge in [-0.25, -0.2) is 4.98 Å². The quantitative estimate of drug-likeness (QED) is 0.817. The Morgan fingerprint density at radius 1 is 1.09 bits per heavy atom. The number of hydrogen-bond donors (Lipinski definition) is 0. The highest BCUT2D eigenvalue weighted by molar-refractivity contribution is 6.29. The van der Waals surface area contributed by atoms with E-state index in [0.717, 1.165) is 37.4 Å². The maximum absolute atomic E-state index is 12.3. The summed E-state index contributed by atoms with van der Waals surface area (Å²) in [5.74, 6) is 0.193. The lowest BCUT2D eigenvalue weighted by Crippen LogP contribution is -2.49. The number of carbonyl (C=O) groups excluding carboxylic acids is 1. The first-order valence-corrected chi connectivity index (χ1v) is 7.78. The number of nitrogens with zero attached hydrogens (tertiary/aromatic N) is 3. The molecule has 3 rings (SSSR count). The number of benzene rings is 1. The van der Waals surface area contributed by atoms with E-state index in [1.165, 1.54) is 0 Å². The minimum Gasteiger partial charge on any atom is -0.368 e. The average molecular weight is 316 g/mol. The fourth-order valence-corrected chi connectivity index (χ4v) is 2.85. The minimum atomic E-state index is 0.193. The molecule has 1 aromatic heterocycles. The third-order valence-corrected chi connectivity index (χ3v) is 4.11. The van der Waals surface area contributed by atoms with E-state index in [-0.39, 0.29) is 5.91 Å². The number of hydrogen-bond acceptors (Lipinski definition) is 3. The van der Waals surface area contributed by atoms with Gasteiger partial charge in [0.25, 0.3) is 0 Å². The fourth-order valence-electron chi connectivity index (χ4n) is 2.69. The van der Waals surface area contributed by atoms with Crippen LogP contribution >= 0.6 is 11.6 Å². The van der Waals surface area contributed by atoms with Gasteiger partial charge in [0.2, 0.25) is 5.91 Å². The molecule has 1 amide bonds. The molecule has 1 aliphatic heterocycles. The van der Waals surface area contributed by atoms with Crippen molar-refractivity contribution in [1.82, 2.24) is 9.88 Å². The van der Waals surface area contributed by atoms with Crippen molar-refractivity contribution >= 4 is 23.2 Å². The molecule has 5 heteroatoms. The second kappa shape index (κ2) is 6.79. The van der Waals surface area contributed by atoms with Crippen molar-refractivity contribution in [3.8, 4) is 0 Å². The van der Waals surface area contributed by atoms with E-state index in [2.05, 4.69) is 9.88 Å². The summed E-state index contributed by atoms with van der Waals surface area (Å²) in [7, 11) is 0. The summed E-state index contributed by atoms with van der Waals surface area (Å²) in [6.07, 6.45) is 2.19. The number of aromatic nitrogens is 1. The van der Waals surface area contributed by atoms with Crippen molar-refractivity contribution in [2.24, 2.45) is 0 Å². The monoisotopic (exact) mass is 315 g/mol. The Labute approximate surface area is 135 Å². The molecule has 1 fully saturated rings. The maximum atomic E-state index is 12.3. The first-order chi connectivity index (χ1) is 10.7. The van der Waals surface area contributed by atoms with Crippen molar-refractivity contribution in [2.45, 2.75) is 6.42 Å². The van der Waals surface area contributed by atoms with Crippen molar-refractivity contribution < 1.29 is 4.79 Å². The number of anilines is 1. The van der Waals surface area contributed by atoms with Crippen LogP contribution in [-0.2, 0) is 11.2 Å². The molecular formula is C17H18ClN3O. The summed E-state index contributed by atoms with van der Waals surface area (Å²) in [6, 6.07) is 13.7. The van der Waals surface area contributed by atoms with Gasteiger partial charge in [-0.2, -0.15) is 0 Å². The molecule has 0 saturated carbocycles. The van der Waals surface area contributed by atoms with Crippen LogP contribution < -0.4 is 4.90 Å². The zero-order valence-electron chi connectivity index (χ0n) is 12.3. The number of halogens is 1. The predicted molar refractivity (Wildman–Crippen MR) is 88.2 cm³/mol. The molecule has 1 saturated heterocycles. The Morgan fingerprint density at radius 3 is 2.50 bits per heavy atom. The van der Waals surface area contributed by atoms with Gasteiger partial charge in [0.15, 0.2) is 0 Å². The summed E-state index contributed by atoms with van der Waals surface area (Å²) >= 11 is 5.93. The van der Waals surface area contributed by atoms with E-state index in [9.17, 15) is 4.79 Å². The van der Waals surface area contributed by atoms with Crippen molar-refractivity contribution in [1.29, 1.82) is 0 Å². The van der Waals surface area contributed by atoms with Gasteiger partial charge in [-0.1, -0.05) is 41.9 Å². The first-order valence-electron chi connectivity index (χ1n) is 7.40. The van der Waals surface area contributed by atoms with Crippen molar-refractivity contribution in [3.05, 3.63) is 59.4 Å². The number of pyridine rings is 1. The van der Waals surface area contributed by atoms with Crippen molar-refractivity contribution in [3.63, 3.8) is 0 Å². The fraction of sp³-hybridized carbons (Fsp3) is 0.294. The molecule has 4 nitrogen and oxygen atoms in total. The smallest absolute Gasteiger partial charge is 0.227 e. The van der Waals surface area contributed by atoms with Crippen LogP contribution in [0.4, 0.5) is 5.69 Å². The summed E-state index contributed by atoms with van der Waals surface area (Å²) < 4.78 is 0. The SMILES string of the molecule is O=C(Cc1ccccc1)N1CCN(c2ccnc(Cl)c2)CC1. The number of amides is 1. The van der Waals surface area contributed by atoms with Gasteiger partial charge in [0.05, 0.1) is 6.42 Å². The van der Waals surface area contributed by atoms with E-state index in [1.807, 2.05) is 47.4 Å². The van der Waals surface area contributed by atoms with Crippen LogP contribution in [0, 0.1) is 0 Å². The van der Waals surface area contributed by atoms with E-state index < -0.39 is 0 Å². The molecule has 0 spiro atoms. The first kappa shape index (κ1) is 14.9. The Morgan fingerprint density at radius 2 is 1.82 bits per heavy atom. The maximum Gasteiger partial charge on any atom is 0.227 e. The average Bonchev–Trinajstić information content (AvgIpc) is 2.56. The lowest BCUT2D eigenvalue weighted by atomic mass is 10.1. The molecule has 0 N–H and O–H groups in total. The molecule has 0 radical (unpaired) electrons. The van der Waals surface area contributed by atoms with Crippen LogP contribution in [0.2, 0.25) is 5.15 Å². The molecule has 0 unspecified atom stereocenters. The van der Waals surface area contributed by atoms with Crippen LogP contribution in [0.25, 0.3) is 0 Å². The molecule has 1 aromatic carbocycles. The van der Waals surface area contributed by atoms with Crippen molar-refractivity contribution in [2.75, 3.05) is 31.1 Å². The van der Waals surface area contributed by atoms with Gasteiger partial charge >= 0.3 is 0 Å². The number of rotatable bonds is 3. The molecule has 0 atom stereocenters. The Kier molecular flexibility index (Phi) is 4.59. The summed E-state index contributed by atoms with van der Waals surface area (Å²) in [4.78, 5) is 20.5. The highest BCUT2D eigenvalue weighted by atomic mass is 35.5.